The van der Waals surface area contributed by atoms with Crippen molar-refractivity contribution in [1.29, 1.82) is 0 Å². The predicted molar refractivity (Wildman–Crippen MR) is 143 cm³/mol. The molecule has 1 aromatic heterocycles. The first-order valence-corrected chi connectivity index (χ1v) is 12.2. The van der Waals surface area contributed by atoms with Gasteiger partial charge in [-0.25, -0.2) is 4.79 Å². The van der Waals surface area contributed by atoms with E-state index in [1.165, 1.54) is 5.56 Å². The number of halogens is 1. The number of carbonyl (C=O) groups is 1. The lowest BCUT2D eigenvalue weighted by molar-refractivity contribution is 0.244. The highest BCUT2D eigenvalue weighted by atomic mass is 35.5. The normalized spacial score (nSPS) is 15.9. The van der Waals surface area contributed by atoms with Crippen LogP contribution in [-0.2, 0) is 0 Å². The number of hydrogen-bond donors (Lipinski definition) is 1. The lowest BCUT2D eigenvalue weighted by atomic mass is 9.92. The van der Waals surface area contributed by atoms with Gasteiger partial charge in [0, 0.05) is 16.3 Å². The fourth-order valence-electron chi connectivity index (χ4n) is 4.48. The maximum Gasteiger partial charge on any atom is 0.326 e. The van der Waals surface area contributed by atoms with Gasteiger partial charge in [0.15, 0.2) is 0 Å². The summed E-state index contributed by atoms with van der Waals surface area (Å²) in [5.74, 6) is 0.852. The second-order valence-electron chi connectivity index (χ2n) is 9.29. The van der Waals surface area contributed by atoms with Gasteiger partial charge in [0.2, 0.25) is 5.82 Å². The predicted octanol–water partition coefficient (Wildman–Crippen LogP) is 7.33. The van der Waals surface area contributed by atoms with Gasteiger partial charge in [-0.05, 0) is 75.1 Å². The Kier molecular flexibility index (Phi) is 6.14. The van der Waals surface area contributed by atoms with E-state index in [1.807, 2.05) is 63.2 Å². The Bertz CT molecular complexity index is 1520. The Balaban J connectivity index is 1.68. The van der Waals surface area contributed by atoms with Crippen molar-refractivity contribution in [3.8, 4) is 11.4 Å². The van der Waals surface area contributed by atoms with E-state index in [4.69, 9.17) is 21.1 Å². The second-order valence-corrected chi connectivity index (χ2v) is 9.69. The van der Waals surface area contributed by atoms with Crippen molar-refractivity contribution in [2.75, 3.05) is 4.90 Å². The molecule has 7 heteroatoms. The van der Waals surface area contributed by atoms with Gasteiger partial charge in [-0.15, -0.1) is 0 Å². The van der Waals surface area contributed by atoms with Crippen LogP contribution in [0.2, 0.25) is 5.02 Å². The smallest absolute Gasteiger partial charge is 0.326 e. The van der Waals surface area contributed by atoms with Crippen molar-refractivity contribution in [3.63, 3.8) is 0 Å². The van der Waals surface area contributed by atoms with Crippen molar-refractivity contribution in [2.24, 2.45) is 0 Å². The Labute approximate surface area is 215 Å². The number of carbonyl (C=O) groups excluding carboxylic acids is 1. The van der Waals surface area contributed by atoms with E-state index in [0.29, 0.717) is 28.1 Å². The van der Waals surface area contributed by atoms with Gasteiger partial charge in [-0.3, -0.25) is 4.90 Å². The zero-order valence-corrected chi connectivity index (χ0v) is 21.6. The molecule has 182 valence electrons. The largest absolute Gasteiger partial charge is 0.334 e. The fraction of sp³-hybridized carbons (Fsp3) is 0.207. The number of allylic oxidation sites excluding steroid dienone is 1. The third-order valence-corrected chi connectivity index (χ3v) is 7.10. The van der Waals surface area contributed by atoms with Crippen LogP contribution in [0, 0.1) is 27.7 Å². The molecule has 0 saturated heterocycles. The molecule has 4 aromatic rings. The summed E-state index contributed by atoms with van der Waals surface area (Å²) in [6.07, 6.45) is 0. The molecule has 1 aliphatic heterocycles. The van der Waals surface area contributed by atoms with Crippen LogP contribution in [0.4, 0.5) is 10.5 Å². The SMILES string of the molecule is CC1=C(c2nc(-c3cccc(C)c3)no2)C(c2ccc(C)c(C)c2)NC(=O)N1c1ccc(C)c(Cl)c1. The molecule has 1 N–H and O–H groups in total. The first-order valence-electron chi connectivity index (χ1n) is 11.8. The Morgan fingerprint density at radius 3 is 2.42 bits per heavy atom. The molecular formula is C29H27ClN4O2. The number of nitrogens with zero attached hydrogens (tertiary/aromatic N) is 3. The highest BCUT2D eigenvalue weighted by molar-refractivity contribution is 6.31. The number of benzene rings is 3. The van der Waals surface area contributed by atoms with Crippen LogP contribution in [0.15, 0.2) is 70.9 Å². The van der Waals surface area contributed by atoms with Crippen LogP contribution >= 0.6 is 11.6 Å². The van der Waals surface area contributed by atoms with E-state index in [1.54, 1.807) is 11.0 Å². The minimum absolute atomic E-state index is 0.252. The van der Waals surface area contributed by atoms with Gasteiger partial charge >= 0.3 is 6.03 Å². The highest BCUT2D eigenvalue weighted by Gasteiger charge is 2.36. The molecule has 5 rings (SSSR count). The molecule has 0 saturated carbocycles. The number of aromatic nitrogens is 2. The van der Waals surface area contributed by atoms with Crippen molar-refractivity contribution in [1.82, 2.24) is 15.5 Å². The molecule has 3 aromatic carbocycles. The zero-order chi connectivity index (χ0) is 25.6. The number of aryl methyl sites for hydroxylation is 4. The molecule has 0 aliphatic carbocycles. The minimum atomic E-state index is -0.459. The van der Waals surface area contributed by atoms with Crippen LogP contribution in [-0.4, -0.2) is 16.2 Å². The molecular weight excluding hydrogens is 472 g/mol. The first kappa shape index (κ1) is 23.8. The lowest BCUT2D eigenvalue weighted by Gasteiger charge is -2.35. The maximum absolute atomic E-state index is 13.4. The average Bonchev–Trinajstić information content (AvgIpc) is 3.32. The molecule has 36 heavy (non-hydrogen) atoms. The highest BCUT2D eigenvalue weighted by Crippen LogP contribution is 2.40. The van der Waals surface area contributed by atoms with Crippen molar-refractivity contribution in [2.45, 2.75) is 40.7 Å². The average molecular weight is 499 g/mol. The summed E-state index contributed by atoms with van der Waals surface area (Å²) in [6, 6.07) is 19.0. The summed E-state index contributed by atoms with van der Waals surface area (Å²) in [5.41, 5.74) is 8.26. The summed E-state index contributed by atoms with van der Waals surface area (Å²) >= 11 is 6.41. The Morgan fingerprint density at radius 1 is 0.917 bits per heavy atom. The van der Waals surface area contributed by atoms with Gasteiger partial charge < -0.3 is 9.84 Å². The number of anilines is 1. The van der Waals surface area contributed by atoms with E-state index >= 15 is 0 Å². The van der Waals surface area contributed by atoms with Gasteiger partial charge in [-0.2, -0.15) is 4.98 Å². The summed E-state index contributed by atoms with van der Waals surface area (Å²) in [7, 11) is 0. The number of rotatable bonds is 4. The monoisotopic (exact) mass is 498 g/mol. The molecule has 6 nitrogen and oxygen atoms in total. The van der Waals surface area contributed by atoms with Crippen LogP contribution in [0.3, 0.4) is 0 Å². The molecule has 2 heterocycles. The summed E-state index contributed by atoms with van der Waals surface area (Å²) in [6.45, 7) is 9.97. The molecule has 0 spiro atoms. The number of urea groups is 1. The topological polar surface area (TPSA) is 71.3 Å². The van der Waals surface area contributed by atoms with Crippen LogP contribution in [0.5, 0.6) is 0 Å². The van der Waals surface area contributed by atoms with E-state index in [0.717, 1.165) is 33.4 Å². The zero-order valence-electron chi connectivity index (χ0n) is 20.9. The van der Waals surface area contributed by atoms with Crippen molar-refractivity contribution < 1.29 is 9.32 Å². The summed E-state index contributed by atoms with van der Waals surface area (Å²) in [4.78, 5) is 19.8. The molecule has 1 unspecified atom stereocenters. The van der Waals surface area contributed by atoms with Gasteiger partial charge in [-0.1, -0.05) is 64.8 Å². The number of nitrogens with one attached hydrogen (secondary N) is 1. The van der Waals surface area contributed by atoms with E-state index in [9.17, 15) is 4.79 Å². The molecule has 2 amide bonds. The first-order chi connectivity index (χ1) is 17.2. The van der Waals surface area contributed by atoms with Gasteiger partial charge in [0.1, 0.15) is 0 Å². The molecule has 0 bridgehead atoms. The van der Waals surface area contributed by atoms with Gasteiger partial charge in [0.25, 0.3) is 5.89 Å². The van der Waals surface area contributed by atoms with E-state index in [-0.39, 0.29) is 6.03 Å². The van der Waals surface area contributed by atoms with E-state index < -0.39 is 6.04 Å². The summed E-state index contributed by atoms with van der Waals surface area (Å²) < 4.78 is 5.81. The van der Waals surface area contributed by atoms with E-state index in [2.05, 4.69) is 36.5 Å². The molecule has 0 fully saturated rings. The van der Waals surface area contributed by atoms with Crippen LogP contribution < -0.4 is 10.2 Å². The van der Waals surface area contributed by atoms with Crippen molar-refractivity contribution in [3.05, 3.63) is 105 Å². The number of hydrogen-bond acceptors (Lipinski definition) is 4. The van der Waals surface area contributed by atoms with Crippen LogP contribution in [0.25, 0.3) is 17.0 Å². The maximum atomic E-state index is 13.4. The summed E-state index contributed by atoms with van der Waals surface area (Å²) in [5, 5.41) is 8.01. The molecule has 0 radical (unpaired) electrons. The lowest BCUT2D eigenvalue weighted by Crippen LogP contribution is -2.46. The third-order valence-electron chi connectivity index (χ3n) is 6.70. The quantitative estimate of drug-likeness (QED) is 0.320. The van der Waals surface area contributed by atoms with Gasteiger partial charge in [0.05, 0.1) is 17.3 Å². The fourth-order valence-corrected chi connectivity index (χ4v) is 4.66. The second kappa shape index (κ2) is 9.28. The molecule has 1 aliphatic rings. The van der Waals surface area contributed by atoms with Crippen LogP contribution in [0.1, 0.15) is 46.7 Å². The Hall–Kier alpha value is -3.90. The number of amides is 2. The van der Waals surface area contributed by atoms with Crippen molar-refractivity contribution >= 4 is 28.9 Å². The Morgan fingerprint density at radius 2 is 1.69 bits per heavy atom. The standard InChI is InChI=1S/C29H27ClN4O2/c1-16-7-6-8-22(13-16)27-32-28(36-33-27)25-20(5)34(23-12-10-18(3)24(30)15-23)29(35)31-26(25)21-11-9-17(2)19(4)14-21/h6-15,26H,1-5H3,(H,31,35). The third kappa shape index (κ3) is 4.29. The molecule has 1 atom stereocenters. The minimum Gasteiger partial charge on any atom is -0.334 e.